The van der Waals surface area contributed by atoms with Crippen LogP contribution in [0.15, 0.2) is 36.5 Å². The van der Waals surface area contributed by atoms with E-state index in [1.165, 1.54) is 0 Å². The van der Waals surface area contributed by atoms with Crippen LogP contribution in [0.2, 0.25) is 0 Å². The van der Waals surface area contributed by atoms with Crippen molar-refractivity contribution in [3.8, 4) is 0 Å². The molecule has 1 N–H and O–H groups in total. The van der Waals surface area contributed by atoms with E-state index in [0.29, 0.717) is 5.92 Å². The molecule has 20 heavy (non-hydrogen) atoms. The first-order valence-electron chi connectivity index (χ1n) is 7.03. The van der Waals surface area contributed by atoms with Crippen LogP contribution < -0.4 is 0 Å². The lowest BCUT2D eigenvalue weighted by molar-refractivity contribution is 0.0785. The first kappa shape index (κ1) is 13.1. The van der Waals surface area contributed by atoms with Gasteiger partial charge in [0.05, 0.1) is 5.52 Å². The normalized spacial score (nSPS) is 18.6. The molecular formula is C16H18N2O2. The molecule has 1 aliphatic heterocycles. The molecule has 1 unspecified atom stereocenters. The molecule has 1 saturated heterocycles. The summed E-state index contributed by atoms with van der Waals surface area (Å²) in [5.41, 5.74) is 1.62. The summed E-state index contributed by atoms with van der Waals surface area (Å²) < 4.78 is 0. The van der Waals surface area contributed by atoms with Crippen molar-refractivity contribution in [3.05, 3.63) is 42.1 Å². The Hall–Kier alpha value is -1.94. The van der Waals surface area contributed by atoms with Gasteiger partial charge in [-0.15, -0.1) is 0 Å². The molecule has 0 radical (unpaired) electrons. The van der Waals surface area contributed by atoms with Crippen molar-refractivity contribution in [3.63, 3.8) is 0 Å². The maximum absolute atomic E-state index is 12.5. The first-order chi connectivity index (χ1) is 9.78. The molecule has 1 aromatic carbocycles. The van der Waals surface area contributed by atoms with E-state index in [-0.39, 0.29) is 12.5 Å². The van der Waals surface area contributed by atoms with Crippen LogP contribution in [0.4, 0.5) is 0 Å². The molecule has 3 rings (SSSR count). The summed E-state index contributed by atoms with van der Waals surface area (Å²) in [5, 5.41) is 9.97. The van der Waals surface area contributed by atoms with Gasteiger partial charge in [0, 0.05) is 36.8 Å². The summed E-state index contributed by atoms with van der Waals surface area (Å²) in [6.07, 6.45) is 3.52. The Morgan fingerprint density at radius 1 is 1.40 bits per heavy atom. The van der Waals surface area contributed by atoms with Gasteiger partial charge >= 0.3 is 0 Å². The summed E-state index contributed by atoms with van der Waals surface area (Å²) in [6.45, 7) is 1.74. The van der Waals surface area contributed by atoms with Gasteiger partial charge in [0.25, 0.3) is 5.91 Å². The highest BCUT2D eigenvalue weighted by Gasteiger charge is 2.26. The Kier molecular flexibility index (Phi) is 3.65. The first-order valence-corrected chi connectivity index (χ1v) is 7.03. The van der Waals surface area contributed by atoms with Crippen molar-refractivity contribution >= 4 is 16.8 Å². The fraction of sp³-hybridized carbons (Fsp3) is 0.375. The molecule has 4 nitrogen and oxygen atoms in total. The number of aromatic nitrogens is 1. The molecule has 2 heterocycles. The van der Waals surface area contributed by atoms with Crippen LogP contribution in [0.5, 0.6) is 0 Å². The second kappa shape index (κ2) is 5.59. The highest BCUT2D eigenvalue weighted by atomic mass is 16.3. The van der Waals surface area contributed by atoms with E-state index in [9.17, 15) is 4.79 Å². The molecule has 4 heteroatoms. The van der Waals surface area contributed by atoms with Gasteiger partial charge in [0.1, 0.15) is 0 Å². The van der Waals surface area contributed by atoms with E-state index in [2.05, 4.69) is 4.98 Å². The highest BCUT2D eigenvalue weighted by molar-refractivity contribution is 5.98. The van der Waals surface area contributed by atoms with Gasteiger partial charge in [-0.25, -0.2) is 0 Å². The van der Waals surface area contributed by atoms with Crippen LogP contribution in [0.1, 0.15) is 23.2 Å². The fourth-order valence-electron chi connectivity index (χ4n) is 2.83. The Bertz CT molecular complexity index is 627. The number of amides is 1. The maximum atomic E-state index is 12.5. The van der Waals surface area contributed by atoms with E-state index < -0.39 is 0 Å². The Labute approximate surface area is 118 Å². The predicted molar refractivity (Wildman–Crippen MR) is 77.5 cm³/mol. The summed E-state index contributed by atoms with van der Waals surface area (Å²) in [6, 6.07) is 9.49. The van der Waals surface area contributed by atoms with Gasteiger partial charge in [0.15, 0.2) is 0 Å². The number of rotatable bonds is 3. The number of nitrogens with zero attached hydrogens (tertiary/aromatic N) is 2. The van der Waals surface area contributed by atoms with E-state index in [1.807, 2.05) is 35.2 Å². The zero-order valence-electron chi connectivity index (χ0n) is 11.3. The van der Waals surface area contributed by atoms with Gasteiger partial charge in [-0.2, -0.15) is 0 Å². The average Bonchev–Trinajstić information content (AvgIpc) is 2.95. The Morgan fingerprint density at radius 3 is 3.15 bits per heavy atom. The molecule has 1 aromatic heterocycles. The maximum Gasteiger partial charge on any atom is 0.253 e. The van der Waals surface area contributed by atoms with Crippen LogP contribution >= 0.6 is 0 Å². The zero-order valence-corrected chi connectivity index (χ0v) is 11.3. The number of aliphatic hydroxyl groups excluding tert-OH is 1. The van der Waals surface area contributed by atoms with Crippen LogP contribution in [0, 0.1) is 5.92 Å². The number of carbonyl (C=O) groups is 1. The lowest BCUT2D eigenvalue weighted by atomic mass is 10.1. The fourth-order valence-corrected chi connectivity index (χ4v) is 2.83. The molecule has 1 atom stereocenters. The monoisotopic (exact) mass is 270 g/mol. The van der Waals surface area contributed by atoms with E-state index in [1.54, 1.807) is 6.20 Å². The van der Waals surface area contributed by atoms with Gasteiger partial charge in [-0.3, -0.25) is 9.78 Å². The number of likely N-dealkylation sites (tertiary alicyclic amines) is 1. The number of aliphatic hydroxyl groups is 1. The van der Waals surface area contributed by atoms with Crippen molar-refractivity contribution in [2.24, 2.45) is 5.92 Å². The summed E-state index contributed by atoms with van der Waals surface area (Å²) >= 11 is 0. The minimum absolute atomic E-state index is 0.0798. The molecule has 104 valence electrons. The summed E-state index contributed by atoms with van der Waals surface area (Å²) in [5.74, 6) is 0.516. The van der Waals surface area contributed by atoms with Crippen LogP contribution in [0.3, 0.4) is 0 Å². The third kappa shape index (κ3) is 2.51. The van der Waals surface area contributed by atoms with Crippen molar-refractivity contribution in [1.29, 1.82) is 0 Å². The third-order valence-electron chi connectivity index (χ3n) is 3.96. The van der Waals surface area contributed by atoms with Gasteiger partial charge in [-0.05, 0) is 43.0 Å². The van der Waals surface area contributed by atoms with Crippen molar-refractivity contribution < 1.29 is 9.90 Å². The second-order valence-electron chi connectivity index (χ2n) is 5.33. The van der Waals surface area contributed by atoms with Crippen molar-refractivity contribution in [1.82, 2.24) is 9.88 Å². The number of pyridine rings is 1. The zero-order chi connectivity index (χ0) is 13.9. The van der Waals surface area contributed by atoms with Crippen LogP contribution in [0.25, 0.3) is 10.9 Å². The minimum Gasteiger partial charge on any atom is -0.396 e. The standard InChI is InChI=1S/C16H18N2O2/c19-9-6-12-5-8-18(11-12)16(20)14-3-4-15-13(10-14)2-1-7-17-15/h1-4,7,10,12,19H,5-6,8-9,11H2. The number of benzene rings is 1. The quantitative estimate of drug-likeness (QED) is 0.929. The van der Waals surface area contributed by atoms with E-state index >= 15 is 0 Å². The largest absolute Gasteiger partial charge is 0.396 e. The van der Waals surface area contributed by atoms with Crippen LogP contribution in [-0.4, -0.2) is 40.6 Å². The topological polar surface area (TPSA) is 53.4 Å². The average molecular weight is 270 g/mol. The number of hydrogen-bond acceptors (Lipinski definition) is 3. The Balaban J connectivity index is 1.79. The summed E-state index contributed by atoms with van der Waals surface area (Å²) in [7, 11) is 0. The molecular weight excluding hydrogens is 252 g/mol. The number of fused-ring (bicyclic) bond motifs is 1. The Morgan fingerprint density at radius 2 is 2.30 bits per heavy atom. The third-order valence-corrected chi connectivity index (χ3v) is 3.96. The highest BCUT2D eigenvalue weighted by Crippen LogP contribution is 2.22. The number of carbonyl (C=O) groups excluding carboxylic acids is 1. The predicted octanol–water partition coefficient (Wildman–Crippen LogP) is 2.08. The molecule has 0 bridgehead atoms. The molecule has 2 aromatic rings. The molecule has 1 aliphatic rings. The van der Waals surface area contributed by atoms with Crippen molar-refractivity contribution in [2.45, 2.75) is 12.8 Å². The van der Waals surface area contributed by atoms with E-state index in [0.717, 1.165) is 42.4 Å². The van der Waals surface area contributed by atoms with E-state index in [4.69, 9.17) is 5.11 Å². The van der Waals surface area contributed by atoms with Crippen molar-refractivity contribution in [2.75, 3.05) is 19.7 Å². The smallest absolute Gasteiger partial charge is 0.253 e. The number of hydrogen-bond donors (Lipinski definition) is 1. The summed E-state index contributed by atoms with van der Waals surface area (Å²) in [4.78, 5) is 18.6. The molecule has 0 saturated carbocycles. The SMILES string of the molecule is O=C(c1ccc2ncccc2c1)N1CCC(CCO)C1. The van der Waals surface area contributed by atoms with Gasteiger partial charge < -0.3 is 10.0 Å². The lowest BCUT2D eigenvalue weighted by Crippen LogP contribution is -2.28. The molecule has 1 amide bonds. The van der Waals surface area contributed by atoms with Gasteiger partial charge in [-0.1, -0.05) is 6.07 Å². The lowest BCUT2D eigenvalue weighted by Gasteiger charge is -2.16. The molecule has 1 fully saturated rings. The van der Waals surface area contributed by atoms with Crippen LogP contribution in [-0.2, 0) is 0 Å². The minimum atomic E-state index is 0.0798. The second-order valence-corrected chi connectivity index (χ2v) is 5.33. The van der Waals surface area contributed by atoms with Gasteiger partial charge in [0.2, 0.25) is 0 Å². The molecule has 0 aliphatic carbocycles. The molecule has 0 spiro atoms.